The van der Waals surface area contributed by atoms with Crippen LogP contribution in [-0.4, -0.2) is 37.2 Å². The predicted molar refractivity (Wildman–Crippen MR) is 362 cm³/mol. The van der Waals surface area contributed by atoms with Crippen molar-refractivity contribution >= 4 is 17.9 Å². The molecule has 0 fully saturated rings. The molecule has 83 heavy (non-hydrogen) atoms. The Morgan fingerprint density at radius 2 is 0.470 bits per heavy atom. The predicted octanol–water partition coefficient (Wildman–Crippen LogP) is 25.0. The standard InChI is InChI=1S/C77H136O6/c1-4-7-10-13-16-19-22-25-28-31-34-36-37-38-39-41-43-46-49-52-55-58-61-64-67-70-76(79)82-73-74(72-81-75(78)69-66-63-60-57-54-51-48-45-42-33-30-27-24-21-18-15-12-9-6-3)83-77(80)71-68-65-62-59-56-53-50-47-44-40-35-32-29-26-23-20-17-14-11-8-5-2/h9,12,18,21-22,25,27,30-31,34,37-38,42,45,74H,4-8,10-11,13-17,19-20,23-24,26,28-29,32-33,35-36,39-41,43-44,46-73H2,1-3H3/b12-9-,21-18-,25-22-,30-27-,34-31-,38-37-,45-42-. The molecular weight excluding hydrogens is 1020 g/mol. The first-order valence-corrected chi connectivity index (χ1v) is 36.1. The SMILES string of the molecule is CC/C=C\C/C=C\C/C=C\C/C=C\CCCCCCCCC(=O)OCC(COC(=O)CCCCCCCCCCCC/C=C\C/C=C\C/C=C\CCCCCCC)OC(=O)CCCCCCCCCCCCCCCCCCCCCCC. The molecule has 0 aromatic heterocycles. The van der Waals surface area contributed by atoms with Crippen molar-refractivity contribution in [1.29, 1.82) is 0 Å². The van der Waals surface area contributed by atoms with Crippen LogP contribution in [-0.2, 0) is 28.6 Å². The molecule has 6 nitrogen and oxygen atoms in total. The van der Waals surface area contributed by atoms with Crippen molar-refractivity contribution in [3.8, 4) is 0 Å². The lowest BCUT2D eigenvalue weighted by atomic mass is 10.0. The van der Waals surface area contributed by atoms with Crippen LogP contribution in [0.2, 0.25) is 0 Å². The van der Waals surface area contributed by atoms with Gasteiger partial charge in [0.25, 0.3) is 0 Å². The quantitative estimate of drug-likeness (QED) is 0.0261. The molecule has 0 saturated heterocycles. The van der Waals surface area contributed by atoms with Crippen LogP contribution < -0.4 is 0 Å². The van der Waals surface area contributed by atoms with E-state index in [1.165, 1.54) is 225 Å². The zero-order valence-electron chi connectivity index (χ0n) is 55.2. The fourth-order valence-corrected chi connectivity index (χ4v) is 10.5. The topological polar surface area (TPSA) is 78.9 Å². The van der Waals surface area contributed by atoms with Crippen LogP contribution in [0.3, 0.4) is 0 Å². The van der Waals surface area contributed by atoms with Gasteiger partial charge in [0.05, 0.1) is 0 Å². The molecular formula is C77H136O6. The third-order valence-corrected chi connectivity index (χ3v) is 15.9. The summed E-state index contributed by atoms with van der Waals surface area (Å²) in [5.74, 6) is -0.876. The molecule has 0 aliphatic heterocycles. The van der Waals surface area contributed by atoms with Crippen LogP contribution in [0, 0.1) is 0 Å². The van der Waals surface area contributed by atoms with Crippen LogP contribution in [0.4, 0.5) is 0 Å². The molecule has 0 N–H and O–H groups in total. The number of carbonyl (C=O) groups is 3. The first-order valence-electron chi connectivity index (χ1n) is 36.1. The molecule has 6 heteroatoms. The molecule has 0 aromatic rings. The molecule has 0 aromatic carbocycles. The maximum atomic E-state index is 13.0. The Labute approximate surface area is 515 Å². The maximum absolute atomic E-state index is 13.0. The Bertz CT molecular complexity index is 1570. The van der Waals surface area contributed by atoms with Crippen molar-refractivity contribution in [3.63, 3.8) is 0 Å². The normalized spacial score (nSPS) is 12.6. The highest BCUT2D eigenvalue weighted by Gasteiger charge is 2.19. The van der Waals surface area contributed by atoms with Gasteiger partial charge < -0.3 is 14.2 Å². The highest BCUT2D eigenvalue weighted by Crippen LogP contribution is 2.18. The van der Waals surface area contributed by atoms with Crippen LogP contribution >= 0.6 is 0 Å². The number of carbonyl (C=O) groups excluding carboxylic acids is 3. The molecule has 0 bridgehead atoms. The van der Waals surface area contributed by atoms with Gasteiger partial charge in [0.1, 0.15) is 13.2 Å². The second-order valence-corrected chi connectivity index (χ2v) is 24.1. The van der Waals surface area contributed by atoms with Gasteiger partial charge in [-0.2, -0.15) is 0 Å². The van der Waals surface area contributed by atoms with E-state index in [9.17, 15) is 14.4 Å². The van der Waals surface area contributed by atoms with Gasteiger partial charge in [-0.3, -0.25) is 14.4 Å². The first-order chi connectivity index (χ1) is 41.0. The lowest BCUT2D eigenvalue weighted by molar-refractivity contribution is -0.167. The smallest absolute Gasteiger partial charge is 0.306 e. The molecule has 480 valence electrons. The van der Waals surface area contributed by atoms with E-state index in [2.05, 4.69) is 106 Å². The van der Waals surface area contributed by atoms with E-state index >= 15 is 0 Å². The van der Waals surface area contributed by atoms with Crippen molar-refractivity contribution in [3.05, 3.63) is 85.1 Å². The molecule has 0 amide bonds. The van der Waals surface area contributed by atoms with Gasteiger partial charge in [-0.05, 0) is 96.3 Å². The van der Waals surface area contributed by atoms with E-state index in [1.54, 1.807) is 0 Å². The molecule has 0 radical (unpaired) electrons. The monoisotopic (exact) mass is 1160 g/mol. The lowest BCUT2D eigenvalue weighted by Crippen LogP contribution is -2.30. The Morgan fingerprint density at radius 3 is 0.735 bits per heavy atom. The van der Waals surface area contributed by atoms with E-state index in [1.807, 2.05) is 0 Å². The second-order valence-electron chi connectivity index (χ2n) is 24.1. The van der Waals surface area contributed by atoms with E-state index in [-0.39, 0.29) is 31.1 Å². The van der Waals surface area contributed by atoms with Gasteiger partial charge in [-0.1, -0.05) is 337 Å². The molecule has 0 spiro atoms. The van der Waals surface area contributed by atoms with Gasteiger partial charge in [0.2, 0.25) is 0 Å². The minimum atomic E-state index is -0.786. The second kappa shape index (κ2) is 71.1. The van der Waals surface area contributed by atoms with Gasteiger partial charge in [-0.25, -0.2) is 0 Å². The molecule has 0 aliphatic rings. The third kappa shape index (κ3) is 69.3. The van der Waals surface area contributed by atoms with Crippen LogP contribution in [0.5, 0.6) is 0 Å². The Kier molecular flexibility index (Phi) is 68.2. The number of rotatable bonds is 66. The summed E-state index contributed by atoms with van der Waals surface area (Å²) in [5, 5.41) is 0. The van der Waals surface area contributed by atoms with Gasteiger partial charge in [-0.15, -0.1) is 0 Å². The Balaban J connectivity index is 4.37. The highest BCUT2D eigenvalue weighted by molar-refractivity contribution is 5.71. The minimum absolute atomic E-state index is 0.0802. The van der Waals surface area contributed by atoms with Crippen molar-refractivity contribution in [1.82, 2.24) is 0 Å². The highest BCUT2D eigenvalue weighted by atomic mass is 16.6. The summed E-state index contributed by atoms with van der Waals surface area (Å²) in [6, 6.07) is 0. The summed E-state index contributed by atoms with van der Waals surface area (Å²) in [4.78, 5) is 38.5. The molecule has 1 unspecified atom stereocenters. The lowest BCUT2D eigenvalue weighted by Gasteiger charge is -2.18. The first kappa shape index (κ1) is 79.6. The van der Waals surface area contributed by atoms with Crippen LogP contribution in [0.1, 0.15) is 367 Å². The number of unbranched alkanes of at least 4 members (excludes halogenated alkanes) is 41. The zero-order valence-corrected chi connectivity index (χ0v) is 55.2. The third-order valence-electron chi connectivity index (χ3n) is 15.9. The summed E-state index contributed by atoms with van der Waals surface area (Å²) in [6.45, 7) is 6.56. The number of ether oxygens (including phenoxy) is 3. The zero-order chi connectivity index (χ0) is 59.9. The number of allylic oxidation sites excluding steroid dienone is 14. The number of hydrogen-bond acceptors (Lipinski definition) is 6. The number of esters is 3. The molecule has 0 rings (SSSR count). The Hall–Kier alpha value is -3.41. The summed E-state index contributed by atoms with van der Waals surface area (Å²) < 4.78 is 17.0. The van der Waals surface area contributed by atoms with Crippen LogP contribution in [0.15, 0.2) is 85.1 Å². The molecule has 0 aliphatic carbocycles. The largest absolute Gasteiger partial charge is 0.462 e. The van der Waals surface area contributed by atoms with E-state index < -0.39 is 6.10 Å². The van der Waals surface area contributed by atoms with E-state index in [0.29, 0.717) is 19.3 Å². The minimum Gasteiger partial charge on any atom is -0.462 e. The number of hydrogen-bond donors (Lipinski definition) is 0. The fourth-order valence-electron chi connectivity index (χ4n) is 10.5. The summed E-state index contributed by atoms with van der Waals surface area (Å²) in [5.41, 5.74) is 0. The van der Waals surface area contributed by atoms with E-state index in [0.717, 1.165) is 103 Å². The van der Waals surface area contributed by atoms with Gasteiger partial charge in [0.15, 0.2) is 6.10 Å². The average Bonchev–Trinajstić information content (AvgIpc) is 3.49. The van der Waals surface area contributed by atoms with Gasteiger partial charge >= 0.3 is 17.9 Å². The van der Waals surface area contributed by atoms with Crippen molar-refractivity contribution in [2.45, 2.75) is 374 Å². The Morgan fingerprint density at radius 1 is 0.253 bits per heavy atom. The van der Waals surface area contributed by atoms with Gasteiger partial charge in [0, 0.05) is 19.3 Å². The molecule has 0 saturated carbocycles. The molecule has 1 atom stereocenters. The van der Waals surface area contributed by atoms with Crippen molar-refractivity contribution in [2.75, 3.05) is 13.2 Å². The van der Waals surface area contributed by atoms with E-state index in [4.69, 9.17) is 14.2 Å². The molecule has 0 heterocycles. The average molecular weight is 1160 g/mol. The van der Waals surface area contributed by atoms with Crippen molar-refractivity contribution in [2.24, 2.45) is 0 Å². The maximum Gasteiger partial charge on any atom is 0.306 e. The van der Waals surface area contributed by atoms with Crippen molar-refractivity contribution < 1.29 is 28.6 Å². The summed E-state index contributed by atoms with van der Waals surface area (Å²) >= 11 is 0. The summed E-state index contributed by atoms with van der Waals surface area (Å²) in [6.07, 6.45) is 94.6. The fraction of sp³-hybridized carbons (Fsp3) is 0.779. The van der Waals surface area contributed by atoms with Crippen LogP contribution in [0.25, 0.3) is 0 Å². The summed E-state index contributed by atoms with van der Waals surface area (Å²) in [7, 11) is 0.